The fourth-order valence-electron chi connectivity index (χ4n) is 8.75. The number of benzene rings is 8. The van der Waals surface area contributed by atoms with E-state index in [1.807, 2.05) is 36.4 Å². The van der Waals surface area contributed by atoms with E-state index in [2.05, 4.69) is 148 Å². The zero-order valence-electron chi connectivity index (χ0n) is 29.0. The van der Waals surface area contributed by atoms with Crippen molar-refractivity contribution in [3.63, 3.8) is 0 Å². The highest BCUT2D eigenvalue weighted by Crippen LogP contribution is 2.43. The molecule has 4 heterocycles. The summed E-state index contributed by atoms with van der Waals surface area (Å²) in [6.07, 6.45) is 0. The molecule has 54 heavy (non-hydrogen) atoms. The van der Waals surface area contributed by atoms with Gasteiger partial charge in [0, 0.05) is 49.0 Å². The molecule has 0 saturated carbocycles. The summed E-state index contributed by atoms with van der Waals surface area (Å²) in [6.45, 7) is 0. The van der Waals surface area contributed by atoms with Crippen molar-refractivity contribution >= 4 is 76.2 Å². The second kappa shape index (κ2) is 11.1. The zero-order chi connectivity index (χ0) is 35.3. The molecule has 4 aromatic heterocycles. The molecule has 0 amide bonds. The molecule has 0 bridgehead atoms. The fraction of sp³-hybridized carbons (Fsp3) is 0. The van der Waals surface area contributed by atoms with Crippen molar-refractivity contribution in [2.45, 2.75) is 0 Å². The van der Waals surface area contributed by atoms with Crippen LogP contribution in [0.25, 0.3) is 110 Å². The minimum atomic E-state index is 0.636. The molecule has 250 valence electrons. The lowest BCUT2D eigenvalue weighted by Gasteiger charge is -2.12. The molecule has 0 N–H and O–H groups in total. The Kier molecular flexibility index (Phi) is 5.99. The second-order valence-electron chi connectivity index (χ2n) is 14.0. The molecule has 5 nitrogen and oxygen atoms in total. The van der Waals surface area contributed by atoms with Gasteiger partial charge < -0.3 is 8.80 Å². The Labute approximate surface area is 309 Å². The molecule has 12 rings (SSSR count). The third-order valence-electron chi connectivity index (χ3n) is 11.1. The number of rotatable bonds is 3. The van der Waals surface area contributed by atoms with E-state index in [0.29, 0.717) is 17.5 Å². The second-order valence-corrected chi connectivity index (χ2v) is 14.0. The van der Waals surface area contributed by atoms with Gasteiger partial charge in [0.2, 0.25) is 0 Å². The SMILES string of the molecule is c1ccc(-c2nc(-c3ccccc3)nc(-c3ccc4c5cccc6c7ccccc7n7c8ccccc8c8c9ccccc9cc(c87)n(c4c3)c56)n2)cc1. The Balaban J connectivity index is 1.29. The summed E-state index contributed by atoms with van der Waals surface area (Å²) in [5.74, 6) is 1.93. The van der Waals surface area contributed by atoms with E-state index in [0.717, 1.165) is 27.7 Å². The van der Waals surface area contributed by atoms with E-state index < -0.39 is 0 Å². The van der Waals surface area contributed by atoms with E-state index >= 15 is 0 Å². The van der Waals surface area contributed by atoms with Crippen molar-refractivity contribution in [2.75, 3.05) is 0 Å². The molecule has 0 aliphatic rings. The van der Waals surface area contributed by atoms with Crippen molar-refractivity contribution in [3.8, 4) is 34.2 Å². The van der Waals surface area contributed by atoms with Gasteiger partial charge in [-0.25, -0.2) is 15.0 Å². The maximum absolute atomic E-state index is 5.12. The maximum atomic E-state index is 5.12. The fourth-order valence-corrected chi connectivity index (χ4v) is 8.75. The topological polar surface area (TPSA) is 47.5 Å². The Morgan fingerprint density at radius 2 is 0.796 bits per heavy atom. The molecular formula is C49H29N5. The summed E-state index contributed by atoms with van der Waals surface area (Å²) in [5, 5.41) is 9.74. The molecule has 0 unspecified atom stereocenters. The van der Waals surface area contributed by atoms with Crippen molar-refractivity contribution in [3.05, 3.63) is 176 Å². The van der Waals surface area contributed by atoms with Gasteiger partial charge in [0.1, 0.15) is 0 Å². The number of hydrogen-bond donors (Lipinski definition) is 0. The zero-order valence-corrected chi connectivity index (χ0v) is 29.0. The van der Waals surface area contributed by atoms with Crippen molar-refractivity contribution in [2.24, 2.45) is 0 Å². The van der Waals surface area contributed by atoms with E-state index in [4.69, 9.17) is 15.0 Å². The smallest absolute Gasteiger partial charge is 0.164 e. The van der Waals surface area contributed by atoms with Gasteiger partial charge in [-0.05, 0) is 35.0 Å². The first kappa shape index (κ1) is 29.2. The number of fused-ring (bicyclic) bond motifs is 12. The Morgan fingerprint density at radius 1 is 0.296 bits per heavy atom. The summed E-state index contributed by atoms with van der Waals surface area (Å²) >= 11 is 0. The van der Waals surface area contributed by atoms with Crippen LogP contribution in [0.2, 0.25) is 0 Å². The molecule has 0 saturated heterocycles. The average molecular weight is 688 g/mol. The van der Waals surface area contributed by atoms with Gasteiger partial charge >= 0.3 is 0 Å². The van der Waals surface area contributed by atoms with Gasteiger partial charge in [0.25, 0.3) is 0 Å². The highest BCUT2D eigenvalue weighted by atomic mass is 15.0. The molecule has 0 radical (unpaired) electrons. The Bertz CT molecular complexity index is 3430. The van der Waals surface area contributed by atoms with Crippen LogP contribution in [-0.2, 0) is 0 Å². The number of para-hydroxylation sites is 3. The summed E-state index contributed by atoms with van der Waals surface area (Å²) in [4.78, 5) is 15.2. The molecular weight excluding hydrogens is 659 g/mol. The van der Waals surface area contributed by atoms with Crippen LogP contribution in [0.4, 0.5) is 0 Å². The minimum Gasteiger partial charge on any atom is -0.307 e. The maximum Gasteiger partial charge on any atom is 0.164 e. The lowest BCUT2D eigenvalue weighted by Crippen LogP contribution is -2.00. The van der Waals surface area contributed by atoms with Gasteiger partial charge in [0.05, 0.1) is 33.1 Å². The van der Waals surface area contributed by atoms with Crippen LogP contribution >= 0.6 is 0 Å². The number of nitrogens with zero attached hydrogens (tertiary/aromatic N) is 5. The largest absolute Gasteiger partial charge is 0.307 e. The quantitative estimate of drug-likeness (QED) is 0.186. The molecule has 0 atom stereocenters. The Morgan fingerprint density at radius 3 is 1.48 bits per heavy atom. The lowest BCUT2D eigenvalue weighted by atomic mass is 10.0. The van der Waals surface area contributed by atoms with Crippen LogP contribution in [0, 0.1) is 0 Å². The first-order chi connectivity index (χ1) is 26.8. The van der Waals surface area contributed by atoms with Gasteiger partial charge in [-0.1, -0.05) is 152 Å². The first-order valence-electron chi connectivity index (χ1n) is 18.3. The summed E-state index contributed by atoms with van der Waals surface area (Å²) in [5.41, 5.74) is 9.83. The molecule has 0 fully saturated rings. The van der Waals surface area contributed by atoms with Gasteiger partial charge in [-0.15, -0.1) is 0 Å². The third-order valence-corrected chi connectivity index (χ3v) is 11.1. The molecule has 0 spiro atoms. The summed E-state index contributed by atoms with van der Waals surface area (Å²) in [7, 11) is 0. The van der Waals surface area contributed by atoms with E-state index in [1.165, 1.54) is 65.2 Å². The van der Waals surface area contributed by atoms with E-state index in [-0.39, 0.29) is 0 Å². The van der Waals surface area contributed by atoms with Crippen LogP contribution in [-0.4, -0.2) is 23.8 Å². The highest BCUT2D eigenvalue weighted by Gasteiger charge is 2.22. The number of aromatic nitrogens is 5. The first-order valence-corrected chi connectivity index (χ1v) is 18.3. The average Bonchev–Trinajstić information content (AvgIpc) is 3.77. The minimum absolute atomic E-state index is 0.636. The van der Waals surface area contributed by atoms with Crippen molar-refractivity contribution in [1.29, 1.82) is 0 Å². The Hall–Kier alpha value is -7.37. The predicted molar refractivity (Wildman–Crippen MR) is 223 cm³/mol. The summed E-state index contributed by atoms with van der Waals surface area (Å²) < 4.78 is 4.99. The van der Waals surface area contributed by atoms with Crippen LogP contribution in [0.5, 0.6) is 0 Å². The van der Waals surface area contributed by atoms with Crippen molar-refractivity contribution < 1.29 is 0 Å². The molecule has 12 aromatic rings. The predicted octanol–water partition coefficient (Wildman–Crippen LogP) is 12.3. The van der Waals surface area contributed by atoms with Crippen LogP contribution in [0.1, 0.15) is 0 Å². The summed E-state index contributed by atoms with van der Waals surface area (Å²) in [6, 6.07) is 62.6. The molecule has 0 aliphatic carbocycles. The van der Waals surface area contributed by atoms with E-state index in [1.54, 1.807) is 0 Å². The molecule has 8 aromatic carbocycles. The lowest BCUT2D eigenvalue weighted by molar-refractivity contribution is 1.07. The monoisotopic (exact) mass is 687 g/mol. The normalized spacial score (nSPS) is 12.1. The van der Waals surface area contributed by atoms with Gasteiger partial charge in [0.15, 0.2) is 17.5 Å². The number of hydrogen-bond acceptors (Lipinski definition) is 3. The van der Waals surface area contributed by atoms with Crippen molar-refractivity contribution in [1.82, 2.24) is 23.8 Å². The third kappa shape index (κ3) is 4.06. The molecule has 5 heteroatoms. The van der Waals surface area contributed by atoms with E-state index in [9.17, 15) is 0 Å². The van der Waals surface area contributed by atoms with Gasteiger partial charge in [-0.3, -0.25) is 0 Å². The standard InChI is InChI=1S/C49H29N5/c1-3-14-30(15-4-1)47-50-48(31-16-5-2-6-17-31)52-49(51-47)33-26-27-36-38-23-13-22-37-35-20-9-11-24-40(35)53-41-25-12-10-21-39(41)44-34-19-8-7-18-32(34)28-43(46(44)53)54(45(37)38)42(36)29-33/h1-29H. The van der Waals surface area contributed by atoms with Crippen LogP contribution < -0.4 is 0 Å². The van der Waals surface area contributed by atoms with Crippen LogP contribution in [0.15, 0.2) is 176 Å². The highest BCUT2D eigenvalue weighted by molar-refractivity contribution is 6.28. The molecule has 0 aliphatic heterocycles. The van der Waals surface area contributed by atoms with Gasteiger partial charge in [-0.2, -0.15) is 0 Å². The van der Waals surface area contributed by atoms with Crippen LogP contribution in [0.3, 0.4) is 0 Å².